The normalized spacial score (nSPS) is 11.8. The number of aryl methyl sites for hydroxylation is 1. The van der Waals surface area contributed by atoms with Gasteiger partial charge in [0.1, 0.15) is 0 Å². The second-order valence-corrected chi connectivity index (χ2v) is 6.90. The fraction of sp³-hybridized carbons (Fsp3) is 0.467. The summed E-state index contributed by atoms with van der Waals surface area (Å²) in [6.07, 6.45) is 30.5. The van der Waals surface area contributed by atoms with Crippen molar-refractivity contribution in [2.75, 3.05) is 0 Å². The van der Waals surface area contributed by atoms with Crippen LogP contribution in [0.15, 0.2) is 79.5 Å². The third-order valence-corrected chi connectivity index (χ3v) is 4.39. The van der Waals surface area contributed by atoms with E-state index in [9.17, 15) is 0 Å². The van der Waals surface area contributed by atoms with E-state index in [1.54, 1.807) is 0 Å². The smallest absolute Gasteiger partial charge is 0.0163 e. The number of rotatable bonds is 7. The standard InChI is InChI=1S/C10H12.C8H18.2C5H6.C2H6/c1-3-9-5-7-10(4-2)8-6-9;1-3-5-7-8-6-4-2;2*1-2-4-5-3-1;1-2/h3,5-8H,1,4H2,2H3;3-8H2,1-2H3;2*1-4H,5H2;1-2H3. The first-order chi connectivity index (χ1) is 14.8. The molecule has 0 atom stereocenters. The van der Waals surface area contributed by atoms with Gasteiger partial charge in [-0.2, -0.15) is 0 Å². The Labute approximate surface area is 189 Å². The van der Waals surface area contributed by atoms with Crippen molar-refractivity contribution in [2.45, 2.75) is 92.4 Å². The summed E-state index contributed by atoms with van der Waals surface area (Å²) in [6, 6.07) is 8.45. The summed E-state index contributed by atoms with van der Waals surface area (Å²) in [4.78, 5) is 0. The molecule has 0 aliphatic heterocycles. The van der Waals surface area contributed by atoms with Crippen molar-refractivity contribution >= 4 is 6.08 Å². The molecular formula is C30H48. The van der Waals surface area contributed by atoms with Crippen LogP contribution >= 0.6 is 0 Å². The fourth-order valence-electron chi connectivity index (χ4n) is 2.53. The van der Waals surface area contributed by atoms with Crippen molar-refractivity contribution in [3.05, 3.63) is 90.6 Å². The third kappa shape index (κ3) is 22.2. The predicted molar refractivity (Wildman–Crippen MR) is 142 cm³/mol. The second kappa shape index (κ2) is 26.9. The molecule has 0 heterocycles. The summed E-state index contributed by atoms with van der Waals surface area (Å²) in [5.74, 6) is 0. The zero-order chi connectivity index (χ0) is 22.7. The van der Waals surface area contributed by atoms with Gasteiger partial charge in [0, 0.05) is 0 Å². The maximum absolute atomic E-state index is 3.69. The Morgan fingerprint density at radius 1 is 0.667 bits per heavy atom. The minimum Gasteiger partial charge on any atom is -0.0985 e. The largest absolute Gasteiger partial charge is 0.0985 e. The number of unbranched alkanes of at least 4 members (excludes halogenated alkanes) is 5. The Bertz CT molecular complexity index is 519. The van der Waals surface area contributed by atoms with E-state index in [4.69, 9.17) is 0 Å². The molecule has 30 heavy (non-hydrogen) atoms. The molecule has 0 radical (unpaired) electrons. The summed E-state index contributed by atoms with van der Waals surface area (Å²) in [5.41, 5.74) is 2.57. The van der Waals surface area contributed by atoms with Crippen molar-refractivity contribution < 1.29 is 0 Å². The molecule has 0 bridgehead atoms. The van der Waals surface area contributed by atoms with Crippen molar-refractivity contribution in [2.24, 2.45) is 0 Å². The molecule has 0 fully saturated rings. The zero-order valence-electron chi connectivity index (χ0n) is 20.6. The molecule has 0 saturated carbocycles. The lowest BCUT2D eigenvalue weighted by Gasteiger charge is -1.95. The molecule has 0 spiro atoms. The Morgan fingerprint density at radius 3 is 1.30 bits per heavy atom. The van der Waals surface area contributed by atoms with E-state index in [0.29, 0.717) is 0 Å². The molecule has 0 N–H and O–H groups in total. The Hall–Kier alpha value is -2.08. The molecule has 0 saturated heterocycles. The van der Waals surface area contributed by atoms with Gasteiger partial charge in [0.25, 0.3) is 0 Å². The number of hydrogen-bond donors (Lipinski definition) is 0. The van der Waals surface area contributed by atoms with E-state index >= 15 is 0 Å². The van der Waals surface area contributed by atoms with Crippen LogP contribution in [-0.2, 0) is 6.42 Å². The van der Waals surface area contributed by atoms with Gasteiger partial charge in [-0.25, -0.2) is 0 Å². The molecular weight excluding hydrogens is 360 g/mol. The molecule has 168 valence electrons. The molecule has 2 aliphatic rings. The van der Waals surface area contributed by atoms with Crippen molar-refractivity contribution in [3.63, 3.8) is 0 Å². The first-order valence-corrected chi connectivity index (χ1v) is 12.1. The summed E-state index contributed by atoms with van der Waals surface area (Å²) in [7, 11) is 0. The number of benzene rings is 1. The van der Waals surface area contributed by atoms with Gasteiger partial charge in [-0.3, -0.25) is 0 Å². The van der Waals surface area contributed by atoms with Crippen LogP contribution in [-0.4, -0.2) is 0 Å². The van der Waals surface area contributed by atoms with Crippen LogP contribution in [0, 0.1) is 0 Å². The van der Waals surface area contributed by atoms with Gasteiger partial charge in [0.2, 0.25) is 0 Å². The van der Waals surface area contributed by atoms with E-state index in [1.165, 1.54) is 49.7 Å². The Balaban J connectivity index is 0. The maximum atomic E-state index is 3.69. The summed E-state index contributed by atoms with van der Waals surface area (Å²) >= 11 is 0. The van der Waals surface area contributed by atoms with Crippen LogP contribution < -0.4 is 0 Å². The fourth-order valence-corrected chi connectivity index (χ4v) is 2.53. The van der Waals surface area contributed by atoms with Crippen LogP contribution in [0.5, 0.6) is 0 Å². The van der Waals surface area contributed by atoms with Crippen LogP contribution in [0.1, 0.15) is 97.1 Å². The first-order valence-electron chi connectivity index (χ1n) is 12.1. The molecule has 1 aromatic rings. The number of allylic oxidation sites excluding steroid dienone is 8. The highest BCUT2D eigenvalue weighted by Gasteiger charge is 1.86. The van der Waals surface area contributed by atoms with Crippen LogP contribution in [0.25, 0.3) is 6.08 Å². The van der Waals surface area contributed by atoms with Gasteiger partial charge < -0.3 is 0 Å². The minimum atomic E-state index is 1.11. The van der Waals surface area contributed by atoms with Crippen molar-refractivity contribution in [1.29, 1.82) is 0 Å². The summed E-state index contributed by atoms with van der Waals surface area (Å²) in [6.45, 7) is 14.4. The van der Waals surface area contributed by atoms with Crippen molar-refractivity contribution in [3.8, 4) is 0 Å². The molecule has 2 aliphatic carbocycles. The lowest BCUT2D eigenvalue weighted by Crippen LogP contribution is -1.78. The van der Waals surface area contributed by atoms with E-state index in [0.717, 1.165) is 19.3 Å². The van der Waals surface area contributed by atoms with E-state index in [2.05, 4.69) is 100 Å². The maximum Gasteiger partial charge on any atom is -0.0163 e. The lowest BCUT2D eigenvalue weighted by atomic mass is 10.1. The van der Waals surface area contributed by atoms with Crippen LogP contribution in [0.2, 0.25) is 0 Å². The zero-order valence-corrected chi connectivity index (χ0v) is 20.6. The van der Waals surface area contributed by atoms with Gasteiger partial charge in [-0.15, -0.1) is 0 Å². The van der Waals surface area contributed by atoms with Crippen LogP contribution in [0.3, 0.4) is 0 Å². The molecule has 0 nitrogen and oxygen atoms in total. The monoisotopic (exact) mass is 408 g/mol. The van der Waals surface area contributed by atoms with Crippen molar-refractivity contribution in [1.82, 2.24) is 0 Å². The third-order valence-electron chi connectivity index (χ3n) is 4.39. The first kappa shape index (κ1) is 30.1. The molecule has 0 amide bonds. The summed E-state index contributed by atoms with van der Waals surface area (Å²) in [5, 5.41) is 0. The second-order valence-electron chi connectivity index (χ2n) is 6.90. The molecule has 0 heteroatoms. The Morgan fingerprint density at radius 2 is 1.07 bits per heavy atom. The average Bonchev–Trinajstić information content (AvgIpc) is 3.58. The van der Waals surface area contributed by atoms with E-state index in [1.807, 2.05) is 19.9 Å². The van der Waals surface area contributed by atoms with Crippen LogP contribution in [0.4, 0.5) is 0 Å². The quantitative estimate of drug-likeness (QED) is 0.393. The topological polar surface area (TPSA) is 0 Å². The molecule has 0 unspecified atom stereocenters. The minimum absolute atomic E-state index is 1.11. The van der Waals surface area contributed by atoms with Gasteiger partial charge in [0.05, 0.1) is 0 Å². The summed E-state index contributed by atoms with van der Waals surface area (Å²) < 4.78 is 0. The van der Waals surface area contributed by atoms with Gasteiger partial charge >= 0.3 is 0 Å². The SMILES string of the molecule is C1=CCC=C1.C1=CCC=C1.C=Cc1ccc(CC)cc1.CC.CCCCCCCC. The Kier molecular flexibility index (Phi) is 27.0. The number of hydrogen-bond acceptors (Lipinski definition) is 0. The van der Waals surface area contributed by atoms with Gasteiger partial charge in [0.15, 0.2) is 0 Å². The molecule has 1 aromatic carbocycles. The predicted octanol–water partition coefficient (Wildman–Crippen LogP) is 10.3. The highest BCUT2D eigenvalue weighted by atomic mass is 13.9. The van der Waals surface area contributed by atoms with E-state index < -0.39 is 0 Å². The highest BCUT2D eigenvalue weighted by Crippen LogP contribution is 2.05. The average molecular weight is 409 g/mol. The van der Waals surface area contributed by atoms with E-state index in [-0.39, 0.29) is 0 Å². The van der Waals surface area contributed by atoms with Gasteiger partial charge in [-0.1, -0.05) is 159 Å². The lowest BCUT2D eigenvalue weighted by molar-refractivity contribution is 0.624. The highest BCUT2D eigenvalue weighted by molar-refractivity contribution is 5.47. The molecule has 0 aromatic heterocycles. The van der Waals surface area contributed by atoms with Gasteiger partial charge in [-0.05, 0) is 30.4 Å². The molecule has 3 rings (SSSR count).